The minimum Gasteiger partial charge on any atom is -0.493 e. The molecule has 0 fully saturated rings. The molecule has 3 heterocycles. The maximum absolute atomic E-state index is 6.37. The first-order valence-corrected chi connectivity index (χ1v) is 16.7. The Balaban J connectivity index is 1.12. The minimum absolute atomic E-state index is 0.374. The van der Waals surface area contributed by atoms with Gasteiger partial charge in [0.2, 0.25) is 0 Å². The maximum atomic E-state index is 6.37. The molecule has 9 nitrogen and oxygen atoms in total. The van der Waals surface area contributed by atoms with Crippen LogP contribution in [0.25, 0.3) is 0 Å². The largest absolute Gasteiger partial charge is 0.493 e. The molecule has 0 aliphatic rings. The second kappa shape index (κ2) is 17.8. The van der Waals surface area contributed by atoms with Crippen LogP contribution in [0.4, 0.5) is 17.1 Å². The van der Waals surface area contributed by atoms with E-state index in [0.717, 1.165) is 57.8 Å². The highest BCUT2D eigenvalue weighted by Crippen LogP contribution is 2.29. The summed E-state index contributed by atoms with van der Waals surface area (Å²) in [6, 6.07) is 40.2. The second-order valence-corrected chi connectivity index (χ2v) is 11.7. The fraction of sp³-hybridized carbons (Fsp3) is 0.143. The first-order valence-electron chi connectivity index (χ1n) is 16.7. The van der Waals surface area contributed by atoms with E-state index >= 15 is 0 Å². The first-order chi connectivity index (χ1) is 25.1. The molecule has 0 N–H and O–H groups in total. The van der Waals surface area contributed by atoms with Crippen LogP contribution in [0.1, 0.15) is 30.4 Å². The summed E-state index contributed by atoms with van der Waals surface area (Å²) in [5.74, 6) is 2.19. The summed E-state index contributed by atoms with van der Waals surface area (Å²) in [4.78, 5) is 26.5. The van der Waals surface area contributed by atoms with Crippen molar-refractivity contribution in [3.8, 4) is 17.2 Å². The molecule has 6 rings (SSSR count). The molecular formula is C42H38N6O3. The third-order valence-corrected chi connectivity index (χ3v) is 8.00. The fourth-order valence-corrected chi connectivity index (χ4v) is 4.80. The number of aliphatic imine (C=N–C) groups is 3. The summed E-state index contributed by atoms with van der Waals surface area (Å²) < 4.78 is 19.1. The topological polar surface area (TPSA) is 103 Å². The van der Waals surface area contributed by atoms with Gasteiger partial charge in [0.15, 0.2) is 0 Å². The molecule has 3 aromatic carbocycles. The van der Waals surface area contributed by atoms with Crippen molar-refractivity contribution in [3.63, 3.8) is 0 Å². The molecule has 0 aliphatic carbocycles. The Hall–Kier alpha value is -6.48. The molecule has 0 unspecified atom stereocenters. The lowest BCUT2D eigenvalue weighted by atomic mass is 9.88. The maximum Gasteiger partial charge on any atom is 0.119 e. The summed E-state index contributed by atoms with van der Waals surface area (Å²) >= 11 is 0. The molecule has 0 saturated heterocycles. The van der Waals surface area contributed by atoms with Crippen molar-refractivity contribution in [1.29, 1.82) is 0 Å². The van der Waals surface area contributed by atoms with E-state index in [4.69, 9.17) is 14.2 Å². The molecule has 0 atom stereocenters. The molecule has 9 heteroatoms. The number of hydrogen-bond donors (Lipinski definition) is 0. The second-order valence-electron chi connectivity index (χ2n) is 11.7. The molecule has 0 spiro atoms. The summed E-state index contributed by atoms with van der Waals surface area (Å²) in [7, 11) is 0. The Labute approximate surface area is 298 Å². The Kier molecular flexibility index (Phi) is 12.0. The summed E-state index contributed by atoms with van der Waals surface area (Å²) in [6.07, 6.45) is 11.2. The minimum atomic E-state index is -0.471. The van der Waals surface area contributed by atoms with E-state index in [1.807, 2.05) is 127 Å². The lowest BCUT2D eigenvalue weighted by molar-refractivity contribution is 0.0293. The van der Waals surface area contributed by atoms with Gasteiger partial charge in [-0.2, -0.15) is 0 Å². The van der Waals surface area contributed by atoms with Gasteiger partial charge in [-0.25, -0.2) is 0 Å². The van der Waals surface area contributed by atoms with E-state index in [-0.39, 0.29) is 0 Å². The average molecular weight is 675 g/mol. The number of ether oxygens (including phenoxy) is 3. The van der Waals surface area contributed by atoms with Crippen LogP contribution in [0.5, 0.6) is 17.2 Å². The molecule has 254 valence electrons. The molecule has 0 radical (unpaired) electrons. The number of nitrogens with zero attached hydrogens (tertiary/aromatic N) is 6. The Morgan fingerprint density at radius 1 is 0.451 bits per heavy atom. The van der Waals surface area contributed by atoms with Crippen LogP contribution in [-0.4, -0.2) is 53.4 Å². The normalized spacial score (nSPS) is 12.6. The van der Waals surface area contributed by atoms with Gasteiger partial charge in [0, 0.05) is 18.6 Å². The highest BCUT2D eigenvalue weighted by Gasteiger charge is 2.32. The van der Waals surface area contributed by atoms with Crippen molar-refractivity contribution in [2.75, 3.05) is 19.8 Å². The molecular weight excluding hydrogens is 637 g/mol. The number of rotatable bonds is 16. The number of pyridine rings is 3. The fourth-order valence-electron chi connectivity index (χ4n) is 4.80. The molecule has 6 aromatic rings. The third kappa shape index (κ3) is 10.8. The van der Waals surface area contributed by atoms with Crippen LogP contribution in [-0.2, 0) is 0 Å². The van der Waals surface area contributed by atoms with Crippen LogP contribution >= 0.6 is 0 Å². The standard InChI is InChI=1S/C42H38N6O3/c1-2-42(30-49-39-18-12-33(13-19-39)46-27-36-9-3-6-24-43-36,31-50-40-20-14-34(15-21-40)47-28-37-10-4-7-25-44-37)32-51-41-22-16-35(17-23-41)48-29-38-11-5-8-26-45-38/h3-29H,2,30-32H2,1H3. The SMILES string of the molecule is CCC(COc1ccc(N=Cc2ccccn2)cc1)(COc1ccc(N=Cc2ccccn2)cc1)COc1ccc(N=Cc2ccccn2)cc1. The molecule has 0 amide bonds. The molecule has 0 bridgehead atoms. The van der Waals surface area contributed by atoms with Gasteiger partial charge in [-0.05, 0) is 116 Å². The molecule has 3 aromatic heterocycles. The Morgan fingerprint density at radius 3 is 1.02 bits per heavy atom. The van der Waals surface area contributed by atoms with Gasteiger partial charge in [0.05, 0.1) is 58.2 Å². The van der Waals surface area contributed by atoms with Crippen LogP contribution in [0.15, 0.2) is 161 Å². The van der Waals surface area contributed by atoms with Gasteiger partial charge in [0.25, 0.3) is 0 Å². The average Bonchev–Trinajstić information content (AvgIpc) is 3.21. The zero-order valence-corrected chi connectivity index (χ0v) is 28.3. The number of aromatic nitrogens is 3. The summed E-state index contributed by atoms with van der Waals surface area (Å²) in [6.45, 7) is 3.24. The van der Waals surface area contributed by atoms with Crippen LogP contribution in [0.3, 0.4) is 0 Å². The van der Waals surface area contributed by atoms with E-state index in [1.54, 1.807) is 37.2 Å². The Morgan fingerprint density at radius 2 is 0.765 bits per heavy atom. The van der Waals surface area contributed by atoms with Crippen molar-refractivity contribution in [3.05, 3.63) is 163 Å². The zero-order valence-electron chi connectivity index (χ0n) is 28.3. The van der Waals surface area contributed by atoms with Crippen molar-refractivity contribution in [2.24, 2.45) is 20.4 Å². The number of benzene rings is 3. The molecule has 51 heavy (non-hydrogen) atoms. The van der Waals surface area contributed by atoms with Gasteiger partial charge < -0.3 is 14.2 Å². The van der Waals surface area contributed by atoms with Gasteiger partial charge in [-0.15, -0.1) is 0 Å². The van der Waals surface area contributed by atoms with Gasteiger partial charge >= 0.3 is 0 Å². The van der Waals surface area contributed by atoms with Crippen molar-refractivity contribution in [2.45, 2.75) is 13.3 Å². The highest BCUT2D eigenvalue weighted by molar-refractivity contribution is 5.80. The molecule has 0 saturated carbocycles. The Bertz CT molecular complexity index is 1770. The van der Waals surface area contributed by atoms with Gasteiger partial charge in [-0.3, -0.25) is 29.9 Å². The van der Waals surface area contributed by atoms with Crippen LogP contribution < -0.4 is 14.2 Å². The summed E-state index contributed by atoms with van der Waals surface area (Å²) in [5.41, 5.74) is 4.34. The van der Waals surface area contributed by atoms with E-state index < -0.39 is 5.41 Å². The van der Waals surface area contributed by atoms with E-state index in [2.05, 4.69) is 36.9 Å². The van der Waals surface area contributed by atoms with E-state index in [9.17, 15) is 0 Å². The third-order valence-electron chi connectivity index (χ3n) is 8.00. The first kappa shape index (κ1) is 34.4. The van der Waals surface area contributed by atoms with Crippen molar-refractivity contribution in [1.82, 2.24) is 15.0 Å². The highest BCUT2D eigenvalue weighted by atomic mass is 16.5. The monoisotopic (exact) mass is 674 g/mol. The zero-order chi connectivity index (χ0) is 35.0. The van der Waals surface area contributed by atoms with E-state index in [0.29, 0.717) is 19.8 Å². The number of hydrogen-bond acceptors (Lipinski definition) is 9. The smallest absolute Gasteiger partial charge is 0.119 e. The van der Waals surface area contributed by atoms with Crippen LogP contribution in [0, 0.1) is 5.41 Å². The van der Waals surface area contributed by atoms with Crippen LogP contribution in [0.2, 0.25) is 0 Å². The van der Waals surface area contributed by atoms with Crippen molar-refractivity contribution < 1.29 is 14.2 Å². The predicted molar refractivity (Wildman–Crippen MR) is 203 cm³/mol. The van der Waals surface area contributed by atoms with Crippen molar-refractivity contribution >= 4 is 35.7 Å². The lowest BCUT2D eigenvalue weighted by Gasteiger charge is -2.32. The predicted octanol–water partition coefficient (Wildman–Crippen LogP) is 9.06. The van der Waals surface area contributed by atoms with Gasteiger partial charge in [0.1, 0.15) is 37.1 Å². The quantitative estimate of drug-likeness (QED) is 0.0949. The van der Waals surface area contributed by atoms with Gasteiger partial charge in [-0.1, -0.05) is 25.1 Å². The summed E-state index contributed by atoms with van der Waals surface area (Å²) in [5, 5.41) is 0. The molecule has 0 aliphatic heterocycles. The van der Waals surface area contributed by atoms with E-state index in [1.165, 1.54) is 0 Å². The lowest BCUT2D eigenvalue weighted by Crippen LogP contribution is -2.40.